The Balaban J connectivity index is 2.14. The summed E-state index contributed by atoms with van der Waals surface area (Å²) >= 11 is 0. The highest BCUT2D eigenvalue weighted by Crippen LogP contribution is 2.16. The zero-order chi connectivity index (χ0) is 12.5. The maximum absolute atomic E-state index is 10.6. The molecule has 0 saturated carbocycles. The van der Waals surface area contributed by atoms with Crippen LogP contribution in [0.1, 0.15) is 12.1 Å². The van der Waals surface area contributed by atoms with Crippen LogP contribution in [0.4, 0.5) is 0 Å². The van der Waals surface area contributed by atoms with Gasteiger partial charge in [0.15, 0.2) is 0 Å². The Hall–Kier alpha value is -2.36. The Bertz CT molecular complexity index is 731. The summed E-state index contributed by atoms with van der Waals surface area (Å²) in [6.45, 7) is 0. The molecule has 0 radical (unpaired) electrons. The number of pyridine rings is 1. The summed E-state index contributed by atoms with van der Waals surface area (Å²) in [5.41, 5.74) is 1.99. The van der Waals surface area contributed by atoms with Crippen molar-refractivity contribution >= 4 is 22.4 Å². The molecule has 0 aliphatic carbocycles. The van der Waals surface area contributed by atoms with Gasteiger partial charge in [-0.15, -0.1) is 0 Å². The van der Waals surface area contributed by atoms with E-state index in [2.05, 4.69) is 17.1 Å². The Kier molecular flexibility index (Phi) is 2.48. The summed E-state index contributed by atoms with van der Waals surface area (Å²) in [4.78, 5) is 13.8. The molecule has 18 heavy (non-hydrogen) atoms. The van der Waals surface area contributed by atoms with E-state index >= 15 is 0 Å². The molecule has 0 bridgehead atoms. The zero-order valence-corrected chi connectivity index (χ0v) is 9.76. The fourth-order valence-corrected chi connectivity index (χ4v) is 2.25. The highest BCUT2D eigenvalue weighted by atomic mass is 16.4. The topological polar surface area (TPSA) is 57.2 Å². The van der Waals surface area contributed by atoms with E-state index in [1.54, 1.807) is 0 Å². The van der Waals surface area contributed by atoms with Crippen LogP contribution in [0.15, 0.2) is 42.7 Å². The summed E-state index contributed by atoms with van der Waals surface area (Å²) in [6.07, 6.45) is 4.53. The number of fused-ring (bicyclic) bond motifs is 3. The molecule has 0 fully saturated rings. The van der Waals surface area contributed by atoms with Crippen molar-refractivity contribution in [3.8, 4) is 0 Å². The lowest BCUT2D eigenvalue weighted by atomic mass is 10.2. The molecule has 3 aromatic rings. The number of rotatable bonds is 3. The predicted octanol–water partition coefficient (Wildman–Crippen LogP) is 1.92. The first-order valence-corrected chi connectivity index (χ1v) is 5.87. The molecule has 0 aliphatic heterocycles. The summed E-state index contributed by atoms with van der Waals surface area (Å²) in [5.74, 6) is -0.772. The van der Waals surface area contributed by atoms with Crippen molar-refractivity contribution in [1.82, 2.24) is 4.98 Å². The van der Waals surface area contributed by atoms with Gasteiger partial charge in [-0.3, -0.25) is 4.79 Å². The number of carboxylic acids is 1. The Morgan fingerprint density at radius 2 is 2.11 bits per heavy atom. The molecule has 0 aliphatic rings. The van der Waals surface area contributed by atoms with Gasteiger partial charge in [0.05, 0.1) is 18.0 Å². The van der Waals surface area contributed by atoms with Crippen molar-refractivity contribution in [1.29, 1.82) is 0 Å². The minimum Gasteiger partial charge on any atom is -0.481 e. The average Bonchev–Trinajstić information content (AvgIpc) is 2.80. The second-order valence-electron chi connectivity index (χ2n) is 4.30. The lowest BCUT2D eigenvalue weighted by Gasteiger charge is -1.97. The van der Waals surface area contributed by atoms with Gasteiger partial charge >= 0.3 is 5.97 Å². The summed E-state index contributed by atoms with van der Waals surface area (Å²) in [7, 11) is 0. The molecule has 0 spiro atoms. The molecule has 0 saturated heterocycles. The summed E-state index contributed by atoms with van der Waals surface area (Å²) in [5, 5.41) is 11.0. The molecule has 1 aromatic carbocycles. The maximum Gasteiger partial charge on any atom is 0.303 e. The molecule has 2 aromatic heterocycles. The standard InChI is InChI=1S/C14H12N2O2/c17-13(18)6-5-11-9-15-14-12-4-2-1-3-10(12)7-8-16(11)14/h1-4,7-9H,5-6H2,(H,17,18)/p+1. The number of benzene rings is 1. The van der Waals surface area contributed by atoms with Gasteiger partial charge in [0.2, 0.25) is 0 Å². The number of nitrogens with zero attached hydrogens (tertiary/aromatic N) is 1. The van der Waals surface area contributed by atoms with Crippen LogP contribution in [0.3, 0.4) is 0 Å². The number of carbonyl (C=O) groups is 1. The number of imidazole rings is 1. The molecule has 4 heteroatoms. The molecule has 0 amide bonds. The van der Waals surface area contributed by atoms with E-state index in [1.165, 1.54) is 5.39 Å². The molecule has 0 unspecified atom stereocenters. The third-order valence-electron chi connectivity index (χ3n) is 3.14. The zero-order valence-electron chi connectivity index (χ0n) is 9.76. The normalized spacial score (nSPS) is 11.1. The van der Waals surface area contributed by atoms with E-state index < -0.39 is 5.97 Å². The number of carboxylic acid groups (broad SMARTS) is 1. The number of H-pyrrole nitrogens is 1. The lowest BCUT2D eigenvalue weighted by molar-refractivity contribution is -0.518. The van der Waals surface area contributed by atoms with Crippen LogP contribution in [-0.2, 0) is 11.2 Å². The maximum atomic E-state index is 10.6. The van der Waals surface area contributed by atoms with Gasteiger partial charge in [-0.25, -0.2) is 4.98 Å². The number of aromatic nitrogens is 2. The van der Waals surface area contributed by atoms with E-state index in [9.17, 15) is 4.79 Å². The van der Waals surface area contributed by atoms with Crippen LogP contribution in [0.5, 0.6) is 0 Å². The minimum absolute atomic E-state index is 0.146. The fourth-order valence-electron chi connectivity index (χ4n) is 2.25. The van der Waals surface area contributed by atoms with E-state index in [1.807, 2.05) is 35.0 Å². The lowest BCUT2D eigenvalue weighted by Crippen LogP contribution is -2.24. The van der Waals surface area contributed by atoms with Crippen molar-refractivity contribution < 1.29 is 14.3 Å². The molecular weight excluding hydrogens is 228 g/mol. The summed E-state index contributed by atoms with van der Waals surface area (Å²) < 4.78 is 2.02. The summed E-state index contributed by atoms with van der Waals surface area (Å²) in [6, 6.07) is 10.2. The molecule has 3 rings (SSSR count). The third kappa shape index (κ3) is 1.72. The largest absolute Gasteiger partial charge is 0.481 e. The van der Waals surface area contributed by atoms with Crippen molar-refractivity contribution in [3.63, 3.8) is 0 Å². The second-order valence-corrected chi connectivity index (χ2v) is 4.30. The fraction of sp³-hybridized carbons (Fsp3) is 0.143. The van der Waals surface area contributed by atoms with Crippen LogP contribution < -0.4 is 4.40 Å². The van der Waals surface area contributed by atoms with Gasteiger partial charge in [0.1, 0.15) is 11.9 Å². The van der Waals surface area contributed by atoms with Gasteiger partial charge in [0.25, 0.3) is 5.65 Å². The third-order valence-corrected chi connectivity index (χ3v) is 3.14. The first-order valence-electron chi connectivity index (χ1n) is 5.87. The van der Waals surface area contributed by atoms with Crippen molar-refractivity contribution in [2.45, 2.75) is 12.8 Å². The Morgan fingerprint density at radius 1 is 1.28 bits per heavy atom. The first-order chi connectivity index (χ1) is 8.75. The van der Waals surface area contributed by atoms with Gasteiger partial charge in [-0.2, -0.15) is 4.40 Å². The first kappa shape index (κ1) is 10.8. The van der Waals surface area contributed by atoms with Gasteiger partial charge in [0, 0.05) is 6.42 Å². The number of hydrogen-bond acceptors (Lipinski definition) is 1. The van der Waals surface area contributed by atoms with Gasteiger partial charge in [-0.05, 0) is 17.5 Å². The minimum atomic E-state index is -0.772. The van der Waals surface area contributed by atoms with Crippen LogP contribution in [0, 0.1) is 0 Å². The van der Waals surface area contributed by atoms with E-state index in [4.69, 9.17) is 5.11 Å². The molecule has 4 nitrogen and oxygen atoms in total. The number of aryl methyl sites for hydroxylation is 1. The average molecular weight is 241 g/mol. The molecule has 0 atom stereocenters. The molecular formula is C14H13N2O2+. The predicted molar refractivity (Wildman–Crippen MR) is 67.4 cm³/mol. The van der Waals surface area contributed by atoms with Crippen LogP contribution in [0.25, 0.3) is 16.4 Å². The molecule has 2 heterocycles. The monoisotopic (exact) mass is 241 g/mol. The van der Waals surface area contributed by atoms with E-state index in [0.29, 0.717) is 6.42 Å². The molecule has 2 N–H and O–H groups in total. The van der Waals surface area contributed by atoms with Crippen LogP contribution in [-0.4, -0.2) is 16.1 Å². The van der Waals surface area contributed by atoms with Crippen molar-refractivity contribution in [2.24, 2.45) is 0 Å². The number of aliphatic carboxylic acids is 1. The highest BCUT2D eigenvalue weighted by molar-refractivity contribution is 5.91. The van der Waals surface area contributed by atoms with Crippen molar-refractivity contribution in [2.75, 3.05) is 0 Å². The quantitative estimate of drug-likeness (QED) is 0.688. The van der Waals surface area contributed by atoms with Crippen LogP contribution in [0.2, 0.25) is 0 Å². The Labute approximate surface area is 104 Å². The SMILES string of the molecule is O=C(O)CCc1c[nH]c2c3ccccc3cc[n+]12. The number of aromatic amines is 1. The van der Waals surface area contributed by atoms with E-state index in [-0.39, 0.29) is 6.42 Å². The smallest absolute Gasteiger partial charge is 0.303 e. The highest BCUT2D eigenvalue weighted by Gasteiger charge is 2.14. The van der Waals surface area contributed by atoms with Gasteiger partial charge < -0.3 is 5.11 Å². The number of hydrogen-bond donors (Lipinski definition) is 2. The number of nitrogens with one attached hydrogen (secondary N) is 1. The van der Waals surface area contributed by atoms with Gasteiger partial charge in [-0.1, -0.05) is 18.2 Å². The Morgan fingerprint density at radius 3 is 2.94 bits per heavy atom. The van der Waals surface area contributed by atoms with E-state index in [0.717, 1.165) is 16.7 Å². The van der Waals surface area contributed by atoms with Crippen LogP contribution >= 0.6 is 0 Å². The molecule has 90 valence electrons. The van der Waals surface area contributed by atoms with Crippen molar-refractivity contribution in [3.05, 3.63) is 48.4 Å². The second kappa shape index (κ2) is 4.14.